The fourth-order valence-corrected chi connectivity index (χ4v) is 4.19. The normalized spacial score (nSPS) is 13.8. The molecule has 0 spiro atoms. The smallest absolute Gasteiger partial charge is 0.339 e. The van der Waals surface area contributed by atoms with E-state index in [1.165, 1.54) is 0 Å². The second-order valence-corrected chi connectivity index (χ2v) is 8.03. The Balaban J connectivity index is 1.43. The summed E-state index contributed by atoms with van der Waals surface area (Å²) in [5.74, 6) is -0.295. The number of nitrogens with zero attached hydrogens (tertiary/aromatic N) is 1. The zero-order valence-corrected chi connectivity index (χ0v) is 18.3. The van der Waals surface area contributed by atoms with Crippen molar-refractivity contribution >= 4 is 51.7 Å². The summed E-state index contributed by atoms with van der Waals surface area (Å²) in [6, 6.07) is 18.0. The summed E-state index contributed by atoms with van der Waals surface area (Å²) in [4.78, 5) is 30.3. The van der Waals surface area contributed by atoms with Crippen molar-refractivity contribution in [3.8, 4) is 0 Å². The minimum absolute atomic E-state index is 0.408. The largest absolute Gasteiger partial charge is 0.465 e. The fraction of sp³-hybridized carbons (Fsp3) is 0.115. The first-order chi connectivity index (χ1) is 16.1. The van der Waals surface area contributed by atoms with Crippen LogP contribution in [-0.4, -0.2) is 23.5 Å². The number of para-hydroxylation sites is 2. The average molecular weight is 459 g/mol. The van der Waals surface area contributed by atoms with Crippen molar-refractivity contribution in [3.63, 3.8) is 0 Å². The summed E-state index contributed by atoms with van der Waals surface area (Å²) in [6.45, 7) is -0.426. The van der Waals surface area contributed by atoms with Crippen molar-refractivity contribution in [3.05, 3.63) is 94.5 Å². The third kappa shape index (κ3) is 4.25. The number of carbonyl (C=O) groups excluding carboxylic acids is 2. The second-order valence-electron chi connectivity index (χ2n) is 7.62. The molecule has 33 heavy (non-hydrogen) atoms. The highest BCUT2D eigenvalue weighted by atomic mass is 35.5. The van der Waals surface area contributed by atoms with E-state index in [4.69, 9.17) is 25.7 Å². The van der Waals surface area contributed by atoms with Crippen LogP contribution < -0.4 is 5.32 Å². The van der Waals surface area contributed by atoms with E-state index in [0.29, 0.717) is 33.6 Å². The molecule has 1 N–H and O–H groups in total. The quantitative estimate of drug-likeness (QED) is 0.384. The number of aromatic nitrogens is 1. The summed E-state index contributed by atoms with van der Waals surface area (Å²) in [7, 11) is 0. The van der Waals surface area contributed by atoms with Gasteiger partial charge in [-0.1, -0.05) is 41.9 Å². The maximum Gasteiger partial charge on any atom is 0.339 e. The van der Waals surface area contributed by atoms with Gasteiger partial charge in [-0.3, -0.25) is 4.79 Å². The predicted octanol–water partition coefficient (Wildman–Crippen LogP) is 5.76. The SMILES string of the molecule is O=C(COC(=O)c1c2c(nc3ccccc13)/C(=C\c1ccco1)CC2)Nc1ccccc1Cl. The van der Waals surface area contributed by atoms with Crippen molar-refractivity contribution in [1.82, 2.24) is 4.98 Å². The number of anilines is 1. The van der Waals surface area contributed by atoms with Gasteiger partial charge in [0, 0.05) is 5.39 Å². The molecule has 1 aliphatic carbocycles. The number of rotatable bonds is 5. The number of nitrogens with one attached hydrogen (secondary N) is 1. The zero-order valence-electron chi connectivity index (χ0n) is 17.5. The molecule has 2 aromatic heterocycles. The third-order valence-corrected chi connectivity index (χ3v) is 5.82. The Bertz CT molecular complexity index is 1390. The highest BCUT2D eigenvalue weighted by Crippen LogP contribution is 2.37. The van der Waals surface area contributed by atoms with Gasteiger partial charge in [0.15, 0.2) is 6.61 Å². The van der Waals surface area contributed by atoms with Gasteiger partial charge in [-0.25, -0.2) is 9.78 Å². The average Bonchev–Trinajstić information content (AvgIpc) is 3.48. The number of pyridine rings is 1. The molecule has 0 fully saturated rings. The number of halogens is 1. The van der Waals surface area contributed by atoms with Crippen LogP contribution in [0.25, 0.3) is 22.6 Å². The van der Waals surface area contributed by atoms with Crippen LogP contribution in [0.3, 0.4) is 0 Å². The zero-order chi connectivity index (χ0) is 22.8. The lowest BCUT2D eigenvalue weighted by Crippen LogP contribution is -2.22. The molecule has 0 saturated carbocycles. The van der Waals surface area contributed by atoms with Crippen LogP contribution in [-0.2, 0) is 16.0 Å². The van der Waals surface area contributed by atoms with Crippen LogP contribution in [0.5, 0.6) is 0 Å². The third-order valence-electron chi connectivity index (χ3n) is 5.49. The Labute approximate surface area is 194 Å². The van der Waals surface area contributed by atoms with E-state index < -0.39 is 18.5 Å². The van der Waals surface area contributed by atoms with Crippen LogP contribution >= 0.6 is 11.6 Å². The number of amides is 1. The van der Waals surface area contributed by atoms with Gasteiger partial charge in [0.05, 0.1) is 33.7 Å². The summed E-state index contributed by atoms with van der Waals surface area (Å²) < 4.78 is 10.9. The number of hydrogen-bond donors (Lipinski definition) is 1. The van der Waals surface area contributed by atoms with E-state index in [2.05, 4.69) is 5.32 Å². The molecule has 2 heterocycles. The summed E-state index contributed by atoms with van der Waals surface area (Å²) in [5.41, 5.74) is 4.18. The van der Waals surface area contributed by atoms with Gasteiger partial charge in [-0.15, -0.1) is 0 Å². The van der Waals surface area contributed by atoms with Crippen LogP contribution in [0, 0.1) is 0 Å². The lowest BCUT2D eigenvalue weighted by atomic mass is 10.0. The molecule has 0 atom stereocenters. The van der Waals surface area contributed by atoms with Crippen molar-refractivity contribution in [2.24, 2.45) is 0 Å². The van der Waals surface area contributed by atoms with Gasteiger partial charge >= 0.3 is 5.97 Å². The number of benzene rings is 2. The number of carbonyl (C=O) groups is 2. The standard InChI is InChI=1S/C26H19ClN2O4/c27-20-8-2-4-10-22(20)28-23(30)15-33-26(31)24-18-7-1-3-9-21(18)29-25-16(11-12-19(24)25)14-17-6-5-13-32-17/h1-10,13-14H,11-12,15H2,(H,28,30)/b16-14-. The molecule has 7 heteroatoms. The molecule has 5 rings (SSSR count). The second kappa shape index (κ2) is 8.92. The molecule has 2 aromatic carbocycles. The molecule has 1 amide bonds. The Morgan fingerprint density at radius 3 is 2.70 bits per heavy atom. The first kappa shape index (κ1) is 21.0. The van der Waals surface area contributed by atoms with Gasteiger partial charge in [0.1, 0.15) is 5.76 Å². The molecular formula is C26H19ClN2O4. The minimum Gasteiger partial charge on any atom is -0.465 e. The molecule has 164 valence electrons. The van der Waals surface area contributed by atoms with Gasteiger partial charge in [0.25, 0.3) is 5.91 Å². The van der Waals surface area contributed by atoms with Crippen LogP contribution in [0.1, 0.15) is 33.8 Å². The van der Waals surface area contributed by atoms with E-state index in [0.717, 1.165) is 29.0 Å². The molecule has 0 saturated heterocycles. The van der Waals surface area contributed by atoms with Gasteiger partial charge in [-0.2, -0.15) is 0 Å². The highest BCUT2D eigenvalue weighted by Gasteiger charge is 2.28. The lowest BCUT2D eigenvalue weighted by molar-refractivity contribution is -0.119. The summed E-state index contributed by atoms with van der Waals surface area (Å²) in [5, 5.41) is 3.77. The van der Waals surface area contributed by atoms with E-state index >= 15 is 0 Å². The van der Waals surface area contributed by atoms with E-state index in [-0.39, 0.29) is 0 Å². The van der Waals surface area contributed by atoms with Crippen molar-refractivity contribution in [1.29, 1.82) is 0 Å². The topological polar surface area (TPSA) is 81.4 Å². The lowest BCUT2D eigenvalue weighted by Gasteiger charge is -2.12. The fourth-order valence-electron chi connectivity index (χ4n) is 4.01. The van der Waals surface area contributed by atoms with Gasteiger partial charge in [0.2, 0.25) is 0 Å². The predicted molar refractivity (Wildman–Crippen MR) is 127 cm³/mol. The Kier molecular flexibility index (Phi) is 5.67. The van der Waals surface area contributed by atoms with Crippen LogP contribution in [0.2, 0.25) is 5.02 Å². The van der Waals surface area contributed by atoms with E-state index in [1.54, 1.807) is 30.5 Å². The van der Waals surface area contributed by atoms with Crippen molar-refractivity contribution in [2.45, 2.75) is 12.8 Å². The summed E-state index contributed by atoms with van der Waals surface area (Å²) >= 11 is 6.08. The number of allylic oxidation sites excluding steroid dienone is 1. The maximum absolute atomic E-state index is 13.2. The number of fused-ring (bicyclic) bond motifs is 2. The Morgan fingerprint density at radius 1 is 1.06 bits per heavy atom. The monoisotopic (exact) mass is 458 g/mol. The Hall–Kier alpha value is -3.90. The minimum atomic E-state index is -0.557. The molecule has 0 unspecified atom stereocenters. The van der Waals surface area contributed by atoms with Gasteiger partial charge in [-0.05, 0) is 60.4 Å². The molecule has 4 aromatic rings. The first-order valence-electron chi connectivity index (χ1n) is 10.5. The molecule has 1 aliphatic rings. The Morgan fingerprint density at radius 2 is 1.88 bits per heavy atom. The van der Waals surface area contributed by atoms with Crippen molar-refractivity contribution < 1.29 is 18.7 Å². The maximum atomic E-state index is 13.2. The van der Waals surface area contributed by atoms with Gasteiger partial charge < -0.3 is 14.5 Å². The molecular weight excluding hydrogens is 440 g/mol. The van der Waals surface area contributed by atoms with E-state index in [1.807, 2.05) is 42.5 Å². The molecule has 0 radical (unpaired) electrons. The number of hydrogen-bond acceptors (Lipinski definition) is 5. The van der Waals surface area contributed by atoms with Crippen LogP contribution in [0.15, 0.2) is 71.3 Å². The first-order valence-corrected chi connectivity index (χ1v) is 10.9. The summed E-state index contributed by atoms with van der Waals surface area (Å²) in [6.07, 6.45) is 4.94. The number of ether oxygens (including phenoxy) is 1. The highest BCUT2D eigenvalue weighted by molar-refractivity contribution is 6.33. The van der Waals surface area contributed by atoms with Crippen LogP contribution in [0.4, 0.5) is 5.69 Å². The van der Waals surface area contributed by atoms with Crippen molar-refractivity contribution in [2.75, 3.05) is 11.9 Å². The molecule has 0 aliphatic heterocycles. The van der Waals surface area contributed by atoms with E-state index in [9.17, 15) is 9.59 Å². The molecule has 0 bridgehead atoms. The number of esters is 1. The number of furan rings is 1. The molecule has 6 nitrogen and oxygen atoms in total.